The maximum atomic E-state index is 12.2. The average Bonchev–Trinajstić information content (AvgIpc) is 2.75. The third-order valence-corrected chi connectivity index (χ3v) is 6.15. The zero-order valence-electron chi connectivity index (χ0n) is 9.28. The molecule has 0 fully saturated rings. The van der Waals surface area contributed by atoms with Gasteiger partial charge in [-0.3, -0.25) is 4.72 Å². The van der Waals surface area contributed by atoms with E-state index < -0.39 is 10.0 Å². The lowest BCUT2D eigenvalue weighted by atomic mass is 10.2. The summed E-state index contributed by atoms with van der Waals surface area (Å²) in [6, 6.07) is 5.08. The van der Waals surface area contributed by atoms with Crippen LogP contribution in [0.4, 0.5) is 5.69 Å². The summed E-state index contributed by atoms with van der Waals surface area (Å²) >= 11 is 8.06. The van der Waals surface area contributed by atoms with Gasteiger partial charge >= 0.3 is 0 Å². The Morgan fingerprint density at radius 1 is 1.22 bits per heavy atom. The van der Waals surface area contributed by atoms with E-state index in [1.807, 2.05) is 12.3 Å². The van der Waals surface area contributed by atoms with Gasteiger partial charge in [0.15, 0.2) is 0 Å². The fraction of sp³-hybridized carbons (Fsp3) is 0.0909. The second kappa shape index (κ2) is 5.32. The highest BCUT2D eigenvalue weighted by molar-refractivity contribution is 9.11. The molecule has 3 nitrogen and oxygen atoms in total. The van der Waals surface area contributed by atoms with E-state index in [0.717, 1.165) is 10.0 Å². The van der Waals surface area contributed by atoms with Gasteiger partial charge in [0.2, 0.25) is 0 Å². The van der Waals surface area contributed by atoms with E-state index >= 15 is 0 Å². The number of nitrogens with one attached hydrogen (secondary N) is 1. The zero-order chi connectivity index (χ0) is 13.3. The minimum absolute atomic E-state index is 0.214. The van der Waals surface area contributed by atoms with Crippen molar-refractivity contribution in [3.05, 3.63) is 43.5 Å². The minimum Gasteiger partial charge on any atom is -0.279 e. The number of hydrogen-bond acceptors (Lipinski definition) is 3. The first-order valence-electron chi connectivity index (χ1n) is 4.91. The van der Waals surface area contributed by atoms with E-state index in [1.165, 1.54) is 11.3 Å². The molecule has 0 aliphatic heterocycles. The molecule has 96 valence electrons. The molecule has 0 amide bonds. The van der Waals surface area contributed by atoms with E-state index in [-0.39, 0.29) is 4.90 Å². The second-order valence-electron chi connectivity index (χ2n) is 3.65. The van der Waals surface area contributed by atoms with Crippen molar-refractivity contribution >= 4 is 58.9 Å². The molecule has 1 N–H and O–H groups in total. The second-order valence-corrected chi connectivity index (χ2v) is 7.79. The molecule has 2 rings (SSSR count). The number of halogens is 2. The molecule has 7 heteroatoms. The Bertz CT molecular complexity index is 667. The highest BCUT2D eigenvalue weighted by Crippen LogP contribution is 2.30. The molecule has 0 atom stereocenters. The Morgan fingerprint density at radius 2 is 1.94 bits per heavy atom. The van der Waals surface area contributed by atoms with Crippen molar-refractivity contribution in [3.8, 4) is 0 Å². The van der Waals surface area contributed by atoms with Crippen LogP contribution in [0.15, 0.2) is 42.8 Å². The summed E-state index contributed by atoms with van der Waals surface area (Å²) in [7, 11) is -3.57. The van der Waals surface area contributed by atoms with Crippen molar-refractivity contribution in [2.45, 2.75) is 11.8 Å². The van der Waals surface area contributed by atoms with Gasteiger partial charge in [0.1, 0.15) is 4.90 Å². The topological polar surface area (TPSA) is 46.2 Å². The molecule has 0 spiro atoms. The molecule has 0 bridgehead atoms. The quantitative estimate of drug-likeness (QED) is 0.815. The van der Waals surface area contributed by atoms with Crippen molar-refractivity contribution in [1.29, 1.82) is 0 Å². The van der Waals surface area contributed by atoms with Gasteiger partial charge < -0.3 is 0 Å². The number of hydrogen-bond donors (Lipinski definition) is 1. The first-order chi connectivity index (χ1) is 8.40. The fourth-order valence-electron chi connectivity index (χ4n) is 1.37. The van der Waals surface area contributed by atoms with Crippen LogP contribution in [0, 0.1) is 6.92 Å². The molecule has 0 aliphatic carbocycles. The van der Waals surface area contributed by atoms with Gasteiger partial charge in [-0.25, -0.2) is 8.42 Å². The highest BCUT2D eigenvalue weighted by Gasteiger charge is 2.19. The van der Waals surface area contributed by atoms with Crippen molar-refractivity contribution < 1.29 is 8.42 Å². The minimum atomic E-state index is -3.57. The highest BCUT2D eigenvalue weighted by atomic mass is 79.9. The standard InChI is InChI=1S/C11H9Br2NO2S2/c1-7-4-10(13)11(5-9(7)12)18(15,16)14-8-2-3-17-6-8/h2-6,14H,1H3. The normalized spacial score (nSPS) is 11.5. The van der Waals surface area contributed by atoms with Crippen molar-refractivity contribution in [2.75, 3.05) is 4.72 Å². The summed E-state index contributed by atoms with van der Waals surface area (Å²) in [5.74, 6) is 0. The van der Waals surface area contributed by atoms with E-state index in [9.17, 15) is 8.42 Å². The smallest absolute Gasteiger partial charge is 0.263 e. The lowest BCUT2D eigenvalue weighted by Crippen LogP contribution is -2.13. The maximum absolute atomic E-state index is 12.2. The van der Waals surface area contributed by atoms with E-state index in [0.29, 0.717) is 10.2 Å². The third-order valence-electron chi connectivity index (χ3n) is 2.28. The van der Waals surface area contributed by atoms with E-state index in [2.05, 4.69) is 36.6 Å². The molecule has 0 radical (unpaired) electrons. The van der Waals surface area contributed by atoms with Crippen LogP contribution in [0.3, 0.4) is 0 Å². The Labute approximate surface area is 127 Å². The Hall–Kier alpha value is -0.370. The molecule has 1 aromatic heterocycles. The number of rotatable bonds is 3. The van der Waals surface area contributed by atoms with Crippen LogP contribution in [0.1, 0.15) is 5.56 Å². The van der Waals surface area contributed by atoms with Crippen molar-refractivity contribution in [3.63, 3.8) is 0 Å². The number of aryl methyl sites for hydroxylation is 1. The summed E-state index contributed by atoms with van der Waals surface area (Å²) in [6.45, 7) is 1.90. The van der Waals surface area contributed by atoms with Crippen LogP contribution in [-0.2, 0) is 10.0 Å². The van der Waals surface area contributed by atoms with Crippen LogP contribution >= 0.6 is 43.2 Å². The number of anilines is 1. The van der Waals surface area contributed by atoms with E-state index in [1.54, 1.807) is 23.6 Å². The summed E-state index contributed by atoms with van der Waals surface area (Å²) in [5.41, 5.74) is 1.54. The van der Waals surface area contributed by atoms with Crippen LogP contribution in [0.5, 0.6) is 0 Å². The summed E-state index contributed by atoms with van der Waals surface area (Å²) in [4.78, 5) is 0.214. The first kappa shape index (κ1) is 14.0. The van der Waals surface area contributed by atoms with Crippen molar-refractivity contribution in [2.24, 2.45) is 0 Å². The van der Waals surface area contributed by atoms with Gasteiger partial charge in [-0.1, -0.05) is 15.9 Å². The molecule has 0 saturated carbocycles. The van der Waals surface area contributed by atoms with Gasteiger partial charge in [0.05, 0.1) is 5.69 Å². The molecule has 0 unspecified atom stereocenters. The Balaban J connectivity index is 2.44. The van der Waals surface area contributed by atoms with Crippen LogP contribution in [-0.4, -0.2) is 8.42 Å². The van der Waals surface area contributed by atoms with Crippen LogP contribution in [0.25, 0.3) is 0 Å². The molecule has 1 heterocycles. The third kappa shape index (κ3) is 2.96. The number of sulfonamides is 1. The lowest BCUT2D eigenvalue weighted by Gasteiger charge is -2.10. The molecule has 2 aromatic rings. The molecule has 0 aliphatic rings. The van der Waals surface area contributed by atoms with Crippen LogP contribution in [0.2, 0.25) is 0 Å². The predicted octanol–water partition coefficient (Wildman–Crippen LogP) is 4.38. The van der Waals surface area contributed by atoms with Crippen LogP contribution < -0.4 is 4.72 Å². The van der Waals surface area contributed by atoms with Gasteiger partial charge in [-0.15, -0.1) is 0 Å². The van der Waals surface area contributed by atoms with Gasteiger partial charge in [0, 0.05) is 14.3 Å². The Kier molecular flexibility index (Phi) is 4.15. The molecular formula is C11H9Br2NO2S2. The summed E-state index contributed by atoms with van der Waals surface area (Å²) in [5, 5.41) is 3.56. The molecular weight excluding hydrogens is 402 g/mol. The SMILES string of the molecule is Cc1cc(Br)c(S(=O)(=O)Nc2ccsc2)cc1Br. The van der Waals surface area contributed by atoms with E-state index in [4.69, 9.17) is 0 Å². The van der Waals surface area contributed by atoms with Gasteiger partial charge in [-0.2, -0.15) is 11.3 Å². The lowest BCUT2D eigenvalue weighted by molar-refractivity contribution is 0.600. The van der Waals surface area contributed by atoms with Gasteiger partial charge in [-0.05, 0) is 52.0 Å². The predicted molar refractivity (Wildman–Crippen MR) is 81.7 cm³/mol. The summed E-state index contributed by atoms with van der Waals surface area (Å²) < 4.78 is 28.3. The monoisotopic (exact) mass is 409 g/mol. The molecule has 0 saturated heterocycles. The maximum Gasteiger partial charge on any atom is 0.263 e. The van der Waals surface area contributed by atoms with Crippen molar-refractivity contribution in [1.82, 2.24) is 0 Å². The average molecular weight is 411 g/mol. The molecule has 18 heavy (non-hydrogen) atoms. The molecule has 1 aromatic carbocycles. The van der Waals surface area contributed by atoms with Gasteiger partial charge in [0.25, 0.3) is 10.0 Å². The summed E-state index contributed by atoms with van der Waals surface area (Å²) in [6.07, 6.45) is 0. The zero-order valence-corrected chi connectivity index (χ0v) is 14.1. The largest absolute Gasteiger partial charge is 0.279 e. The number of thiophene rings is 1. The number of benzene rings is 1. The fourth-order valence-corrected chi connectivity index (χ4v) is 4.76. The first-order valence-corrected chi connectivity index (χ1v) is 8.92. The Morgan fingerprint density at radius 3 is 2.56 bits per heavy atom.